The van der Waals surface area contributed by atoms with Crippen LogP contribution in [-0.4, -0.2) is 62.1 Å². The Balaban J connectivity index is 1.52. The number of hydrogen-bond acceptors (Lipinski definition) is 9. The maximum atomic E-state index is 12.9. The standard InChI is InChI=1S/C31H34N4O5/c1-35(21-7-5-4-6-8-21)27-11-9-20(15-23(27)24-16-22(36)10-12-28(24)37)34-31-25-17-29(39-3)30(40-14-13-38-2)18-26(25)32-19-33-31/h9-12,15-19,21H,4-8,13-14H2,1-3H3,(H,32,33,34). The number of fused-ring (bicyclic) bond motifs is 1. The van der Waals surface area contributed by atoms with E-state index in [1.807, 2.05) is 30.3 Å². The first-order chi connectivity index (χ1) is 19.5. The fourth-order valence-corrected chi connectivity index (χ4v) is 5.33. The Morgan fingerprint density at radius 1 is 0.975 bits per heavy atom. The molecule has 1 aromatic heterocycles. The van der Waals surface area contributed by atoms with E-state index in [4.69, 9.17) is 14.2 Å². The van der Waals surface area contributed by atoms with Gasteiger partial charge < -0.3 is 24.4 Å². The molecular formula is C31H34N4O5. The highest BCUT2D eigenvalue weighted by Gasteiger charge is 2.25. The van der Waals surface area contributed by atoms with E-state index in [2.05, 4.69) is 27.2 Å². The molecule has 3 aromatic rings. The van der Waals surface area contributed by atoms with Crippen LogP contribution in [0.5, 0.6) is 11.5 Å². The second kappa shape index (κ2) is 12.3. The molecule has 0 spiro atoms. The lowest BCUT2D eigenvalue weighted by atomic mass is 9.91. The number of nitrogens with zero attached hydrogens (tertiary/aromatic N) is 3. The van der Waals surface area contributed by atoms with Gasteiger partial charge in [0.05, 0.1) is 19.2 Å². The number of allylic oxidation sites excluding steroid dienone is 4. The summed E-state index contributed by atoms with van der Waals surface area (Å²) in [6.07, 6.45) is 11.4. The molecule has 1 fully saturated rings. The predicted molar refractivity (Wildman–Crippen MR) is 156 cm³/mol. The summed E-state index contributed by atoms with van der Waals surface area (Å²) >= 11 is 0. The van der Waals surface area contributed by atoms with Crippen molar-refractivity contribution in [2.45, 2.75) is 38.1 Å². The van der Waals surface area contributed by atoms with Gasteiger partial charge in [-0.25, -0.2) is 9.97 Å². The second-order valence-corrected chi connectivity index (χ2v) is 10.0. The third-order valence-corrected chi connectivity index (χ3v) is 7.47. The Morgan fingerprint density at radius 2 is 1.80 bits per heavy atom. The summed E-state index contributed by atoms with van der Waals surface area (Å²) in [4.78, 5) is 36.4. The van der Waals surface area contributed by atoms with Crippen LogP contribution in [0.1, 0.15) is 37.7 Å². The summed E-state index contributed by atoms with van der Waals surface area (Å²) in [5.41, 5.74) is 3.44. The number of rotatable bonds is 10. The van der Waals surface area contributed by atoms with E-state index >= 15 is 0 Å². The molecule has 0 amide bonds. The quantitative estimate of drug-likeness (QED) is 0.271. The zero-order valence-corrected chi connectivity index (χ0v) is 23.1. The van der Waals surface area contributed by atoms with Gasteiger partial charge >= 0.3 is 0 Å². The zero-order valence-electron chi connectivity index (χ0n) is 23.1. The van der Waals surface area contributed by atoms with E-state index in [0.717, 1.165) is 29.6 Å². The molecule has 208 valence electrons. The Morgan fingerprint density at radius 3 is 2.58 bits per heavy atom. The summed E-state index contributed by atoms with van der Waals surface area (Å²) in [6.45, 7) is 0.831. The van der Waals surface area contributed by atoms with Crippen LogP contribution in [0.4, 0.5) is 17.2 Å². The van der Waals surface area contributed by atoms with Crippen LogP contribution in [0.3, 0.4) is 0 Å². The van der Waals surface area contributed by atoms with Crippen molar-refractivity contribution < 1.29 is 23.8 Å². The lowest BCUT2D eigenvalue weighted by Gasteiger charge is -2.34. The van der Waals surface area contributed by atoms with Crippen molar-refractivity contribution >= 4 is 45.2 Å². The number of hydrogen-bond donors (Lipinski definition) is 1. The van der Waals surface area contributed by atoms with E-state index < -0.39 is 0 Å². The van der Waals surface area contributed by atoms with Gasteiger partial charge in [-0.2, -0.15) is 0 Å². The van der Waals surface area contributed by atoms with Crippen molar-refractivity contribution in [3.63, 3.8) is 0 Å². The van der Waals surface area contributed by atoms with Gasteiger partial charge in [0.1, 0.15) is 18.8 Å². The van der Waals surface area contributed by atoms with Gasteiger partial charge in [0.2, 0.25) is 0 Å². The molecule has 1 heterocycles. The maximum Gasteiger partial charge on any atom is 0.186 e. The second-order valence-electron chi connectivity index (χ2n) is 10.0. The Labute approximate surface area is 233 Å². The minimum atomic E-state index is -0.198. The molecule has 2 aromatic carbocycles. The summed E-state index contributed by atoms with van der Waals surface area (Å²) in [5.74, 6) is 1.31. The largest absolute Gasteiger partial charge is 0.493 e. The van der Waals surface area contributed by atoms with Gasteiger partial charge in [-0.3, -0.25) is 9.59 Å². The van der Waals surface area contributed by atoms with Crippen molar-refractivity contribution in [3.05, 3.63) is 60.5 Å². The number of anilines is 3. The third-order valence-electron chi connectivity index (χ3n) is 7.47. The molecule has 9 heteroatoms. The molecule has 1 N–H and O–H groups in total. The first-order valence-corrected chi connectivity index (χ1v) is 13.6. The SMILES string of the molecule is COCCOc1cc2ncnc(Nc3ccc(N(C)C4CCCCC4)c(C4=CC(=O)C=CC4=O)c3)c2cc1OC. The zero-order chi connectivity index (χ0) is 28.1. The van der Waals surface area contributed by atoms with Gasteiger partial charge in [0, 0.05) is 54.2 Å². The van der Waals surface area contributed by atoms with Crippen LogP contribution in [0, 0.1) is 0 Å². The first-order valence-electron chi connectivity index (χ1n) is 13.6. The third kappa shape index (κ3) is 5.84. The van der Waals surface area contributed by atoms with Crippen LogP contribution in [0.15, 0.2) is 54.9 Å². The maximum absolute atomic E-state index is 12.9. The average molecular weight is 543 g/mol. The summed E-state index contributed by atoms with van der Waals surface area (Å²) < 4.78 is 16.5. The molecule has 2 aliphatic rings. The lowest BCUT2D eigenvalue weighted by Crippen LogP contribution is -2.34. The smallest absolute Gasteiger partial charge is 0.186 e. The Hall–Kier alpha value is -4.24. The van der Waals surface area contributed by atoms with E-state index in [0.29, 0.717) is 53.2 Å². The highest BCUT2D eigenvalue weighted by atomic mass is 16.5. The van der Waals surface area contributed by atoms with Crippen molar-refractivity contribution in [1.29, 1.82) is 0 Å². The lowest BCUT2D eigenvalue weighted by molar-refractivity contribution is -0.113. The monoisotopic (exact) mass is 542 g/mol. The number of carbonyl (C=O) groups excluding carboxylic acids is 2. The van der Waals surface area contributed by atoms with Crippen molar-refractivity contribution in [1.82, 2.24) is 9.97 Å². The van der Waals surface area contributed by atoms with E-state index in [1.54, 1.807) is 14.2 Å². The van der Waals surface area contributed by atoms with Gasteiger partial charge in [-0.05, 0) is 55.3 Å². The number of nitrogens with one attached hydrogen (secondary N) is 1. The normalized spacial score (nSPS) is 15.7. The number of ether oxygens (including phenoxy) is 3. The number of benzene rings is 2. The molecule has 0 atom stereocenters. The molecule has 0 saturated heterocycles. The molecule has 9 nitrogen and oxygen atoms in total. The fourth-order valence-electron chi connectivity index (χ4n) is 5.33. The van der Waals surface area contributed by atoms with Crippen LogP contribution in [0.25, 0.3) is 16.5 Å². The molecule has 2 aliphatic carbocycles. The van der Waals surface area contributed by atoms with Crippen LogP contribution >= 0.6 is 0 Å². The summed E-state index contributed by atoms with van der Waals surface area (Å²) in [7, 11) is 5.27. The molecule has 40 heavy (non-hydrogen) atoms. The highest BCUT2D eigenvalue weighted by molar-refractivity contribution is 6.34. The van der Waals surface area contributed by atoms with Crippen molar-refractivity contribution in [2.24, 2.45) is 0 Å². The summed E-state index contributed by atoms with van der Waals surface area (Å²) in [5, 5.41) is 4.14. The minimum absolute atomic E-state index is 0.187. The number of carbonyl (C=O) groups is 2. The minimum Gasteiger partial charge on any atom is -0.493 e. The molecular weight excluding hydrogens is 508 g/mol. The van der Waals surface area contributed by atoms with Gasteiger partial charge in [0.25, 0.3) is 0 Å². The topological polar surface area (TPSA) is 103 Å². The molecule has 5 rings (SSSR count). The molecule has 0 radical (unpaired) electrons. The van der Waals surface area contributed by atoms with E-state index in [9.17, 15) is 9.59 Å². The van der Waals surface area contributed by atoms with Crippen molar-refractivity contribution in [3.8, 4) is 11.5 Å². The van der Waals surface area contributed by atoms with E-state index in [-0.39, 0.29) is 11.6 Å². The average Bonchev–Trinajstić information content (AvgIpc) is 2.98. The molecule has 0 bridgehead atoms. The predicted octanol–water partition coefficient (Wildman–Crippen LogP) is 5.27. The molecule has 0 unspecified atom stereocenters. The Kier molecular flexibility index (Phi) is 8.40. The van der Waals surface area contributed by atoms with Crippen molar-refractivity contribution in [2.75, 3.05) is 44.7 Å². The van der Waals surface area contributed by atoms with Crippen LogP contribution in [-0.2, 0) is 14.3 Å². The van der Waals surface area contributed by atoms with Crippen LogP contribution < -0.4 is 19.7 Å². The van der Waals surface area contributed by atoms with Gasteiger partial charge in [-0.15, -0.1) is 0 Å². The van der Waals surface area contributed by atoms with Crippen LogP contribution in [0.2, 0.25) is 0 Å². The van der Waals surface area contributed by atoms with E-state index in [1.165, 1.54) is 43.8 Å². The van der Waals surface area contributed by atoms with Gasteiger partial charge in [0.15, 0.2) is 23.1 Å². The summed E-state index contributed by atoms with van der Waals surface area (Å²) in [6, 6.07) is 9.93. The first kappa shape index (κ1) is 27.3. The van der Waals surface area contributed by atoms with Gasteiger partial charge in [-0.1, -0.05) is 19.3 Å². The molecule has 1 saturated carbocycles. The number of ketones is 2. The number of aromatic nitrogens is 2. The Bertz CT molecular complexity index is 1480. The fraction of sp³-hybridized carbons (Fsp3) is 0.355. The molecule has 0 aliphatic heterocycles. The highest BCUT2D eigenvalue weighted by Crippen LogP contribution is 2.38. The number of methoxy groups -OCH3 is 2.